The summed E-state index contributed by atoms with van der Waals surface area (Å²) in [4.78, 5) is 0. The van der Waals surface area contributed by atoms with Gasteiger partial charge < -0.3 is 24.8 Å². The molecule has 163 valence electrons. The van der Waals surface area contributed by atoms with Crippen molar-refractivity contribution in [1.29, 1.82) is 0 Å². The second-order valence-corrected chi connectivity index (χ2v) is 8.10. The maximum Gasteiger partial charge on any atom is 3.00 e. The third-order valence-electron chi connectivity index (χ3n) is 6.03. The van der Waals surface area contributed by atoms with Crippen LogP contribution in [-0.4, -0.2) is 0 Å². The smallest absolute Gasteiger partial charge is 1.00 e. The molecule has 0 aromatic heterocycles. The summed E-state index contributed by atoms with van der Waals surface area (Å²) < 4.78 is 0. The van der Waals surface area contributed by atoms with Crippen LogP contribution in [-0.2, 0) is 32.6 Å². The van der Waals surface area contributed by atoms with Crippen LogP contribution < -0.4 is 24.8 Å². The predicted molar refractivity (Wildman–Crippen MR) is 129 cm³/mol. The minimum absolute atomic E-state index is 0. The molecule has 1 atom stereocenters. The molecule has 5 aromatic carbocycles. The van der Waals surface area contributed by atoms with Crippen LogP contribution >= 0.6 is 0 Å². The van der Waals surface area contributed by atoms with Crippen LogP contribution in [0.4, 0.5) is 0 Å². The van der Waals surface area contributed by atoms with Crippen LogP contribution in [0.3, 0.4) is 0 Å². The molecule has 3 heteroatoms. The van der Waals surface area contributed by atoms with Crippen LogP contribution in [0.1, 0.15) is 24.0 Å². The maximum absolute atomic E-state index is 2.41. The molecule has 0 heterocycles. The van der Waals surface area contributed by atoms with Crippen molar-refractivity contribution in [2.75, 3.05) is 0 Å². The van der Waals surface area contributed by atoms with E-state index in [1.54, 1.807) is 0 Å². The molecular formula is C30H25Cl2Zr. The summed E-state index contributed by atoms with van der Waals surface area (Å²) in [7, 11) is 0. The summed E-state index contributed by atoms with van der Waals surface area (Å²) in [5.41, 5.74) is 7.97. The van der Waals surface area contributed by atoms with Crippen LogP contribution in [0.25, 0.3) is 33.0 Å². The van der Waals surface area contributed by atoms with Crippen LogP contribution in [0, 0.1) is 0 Å². The fourth-order valence-electron chi connectivity index (χ4n) is 4.47. The van der Waals surface area contributed by atoms with Gasteiger partial charge in [0.1, 0.15) is 0 Å². The van der Waals surface area contributed by atoms with Crippen LogP contribution in [0.5, 0.6) is 0 Å². The van der Waals surface area contributed by atoms with Crippen molar-refractivity contribution >= 4 is 10.8 Å². The number of halogens is 2. The molecule has 0 nitrogen and oxygen atoms in total. The van der Waals surface area contributed by atoms with Gasteiger partial charge in [0.15, 0.2) is 0 Å². The van der Waals surface area contributed by atoms with Gasteiger partial charge in [0.25, 0.3) is 0 Å². The van der Waals surface area contributed by atoms with E-state index in [2.05, 4.69) is 122 Å². The Morgan fingerprint density at radius 3 is 1.70 bits per heavy atom. The number of hydrogen-bond acceptors (Lipinski definition) is 0. The fraction of sp³-hybridized carbons (Fsp3) is 0.100. The predicted octanol–water partition coefficient (Wildman–Crippen LogP) is 2.24. The zero-order valence-corrected chi connectivity index (χ0v) is 22.5. The molecule has 0 spiro atoms. The van der Waals surface area contributed by atoms with Gasteiger partial charge in [0.2, 0.25) is 0 Å². The third-order valence-corrected chi connectivity index (χ3v) is 6.03. The maximum atomic E-state index is 2.41. The Labute approximate surface area is 228 Å². The quantitative estimate of drug-likeness (QED) is 0.296. The summed E-state index contributed by atoms with van der Waals surface area (Å²) in [6.45, 7) is 2.32. The molecule has 0 aliphatic heterocycles. The van der Waals surface area contributed by atoms with Gasteiger partial charge in [0, 0.05) is 0 Å². The average Bonchev–Trinajstić information content (AvgIpc) is 3.23. The Bertz CT molecular complexity index is 1190. The van der Waals surface area contributed by atoms with E-state index in [0.717, 1.165) is 6.42 Å². The molecule has 0 bridgehead atoms. The first-order chi connectivity index (χ1) is 14.8. The SMILES string of the molecule is CC(Cc1cc2c(-c3ccccc3)ccc(-c3ccccc3)c2[cH-]1)c1ccccc1.[Cl-].[Cl-].[Zr+3]. The van der Waals surface area contributed by atoms with Gasteiger partial charge in [-0.25, -0.2) is 0 Å². The van der Waals surface area contributed by atoms with Crippen molar-refractivity contribution < 1.29 is 51.0 Å². The minimum Gasteiger partial charge on any atom is -1.00 e. The van der Waals surface area contributed by atoms with E-state index in [4.69, 9.17) is 0 Å². The van der Waals surface area contributed by atoms with Gasteiger partial charge in [0.05, 0.1) is 0 Å². The topological polar surface area (TPSA) is 0 Å². The van der Waals surface area contributed by atoms with E-state index in [1.807, 2.05) is 0 Å². The van der Waals surface area contributed by atoms with Gasteiger partial charge in [-0.2, -0.15) is 6.07 Å². The molecule has 0 aliphatic carbocycles. The van der Waals surface area contributed by atoms with Crippen LogP contribution in [0.2, 0.25) is 0 Å². The average molecular weight is 548 g/mol. The summed E-state index contributed by atoms with van der Waals surface area (Å²) in [5.74, 6) is 0.489. The zero-order valence-electron chi connectivity index (χ0n) is 18.5. The first-order valence-corrected chi connectivity index (χ1v) is 10.7. The van der Waals surface area contributed by atoms with Gasteiger partial charge in [-0.05, 0) is 23.5 Å². The number of rotatable bonds is 5. The van der Waals surface area contributed by atoms with E-state index in [0.29, 0.717) is 5.92 Å². The second-order valence-electron chi connectivity index (χ2n) is 8.10. The standard InChI is InChI=1S/C30H25.2ClH.Zr/c1-22(24-11-5-2-6-12-24)19-23-20-29-27(25-13-7-3-8-14-25)17-18-28(30(29)21-23)26-15-9-4-10-16-26;;;/h2-18,20-22H,19H2,1H3;2*1H;/q-1;;;+3/p-2. The first kappa shape index (κ1) is 27.2. The van der Waals surface area contributed by atoms with Crippen molar-refractivity contribution in [3.8, 4) is 22.3 Å². The van der Waals surface area contributed by atoms with Crippen LogP contribution in [0.15, 0.2) is 115 Å². The Balaban J connectivity index is 0.00000128. The normalized spacial score (nSPS) is 11.1. The molecule has 0 saturated carbocycles. The number of fused-ring (bicyclic) bond motifs is 1. The molecular weight excluding hydrogens is 522 g/mol. The molecule has 0 aliphatic rings. The van der Waals surface area contributed by atoms with E-state index in [1.165, 1.54) is 44.2 Å². The Kier molecular flexibility index (Phi) is 10.2. The summed E-state index contributed by atoms with van der Waals surface area (Å²) in [5, 5.41) is 2.69. The van der Waals surface area contributed by atoms with E-state index in [-0.39, 0.29) is 51.0 Å². The van der Waals surface area contributed by atoms with Crippen molar-refractivity contribution in [2.45, 2.75) is 19.3 Å². The molecule has 1 radical (unpaired) electrons. The fourth-order valence-corrected chi connectivity index (χ4v) is 4.47. The van der Waals surface area contributed by atoms with Gasteiger partial charge in [-0.15, -0.1) is 22.4 Å². The number of benzene rings is 4. The molecule has 0 fully saturated rings. The monoisotopic (exact) mass is 545 g/mol. The summed E-state index contributed by atoms with van der Waals surface area (Å²) in [6, 6.07) is 41.7. The second kappa shape index (κ2) is 12.4. The van der Waals surface area contributed by atoms with E-state index >= 15 is 0 Å². The van der Waals surface area contributed by atoms with E-state index < -0.39 is 0 Å². The van der Waals surface area contributed by atoms with Gasteiger partial charge >= 0.3 is 26.2 Å². The zero-order chi connectivity index (χ0) is 20.3. The molecule has 0 saturated heterocycles. The number of hydrogen-bond donors (Lipinski definition) is 0. The largest absolute Gasteiger partial charge is 3.00 e. The molecule has 0 amide bonds. The Hall–Kier alpha value is -2.05. The Morgan fingerprint density at radius 2 is 1.12 bits per heavy atom. The molecule has 0 N–H and O–H groups in total. The summed E-state index contributed by atoms with van der Waals surface area (Å²) in [6.07, 6.45) is 1.04. The van der Waals surface area contributed by atoms with Crippen molar-refractivity contribution in [3.63, 3.8) is 0 Å². The minimum atomic E-state index is 0. The van der Waals surface area contributed by atoms with Crippen molar-refractivity contribution in [3.05, 3.63) is 126 Å². The van der Waals surface area contributed by atoms with Gasteiger partial charge in [-0.1, -0.05) is 127 Å². The molecule has 33 heavy (non-hydrogen) atoms. The first-order valence-electron chi connectivity index (χ1n) is 10.7. The van der Waals surface area contributed by atoms with Gasteiger partial charge in [-0.3, -0.25) is 0 Å². The van der Waals surface area contributed by atoms with Crippen molar-refractivity contribution in [1.82, 2.24) is 0 Å². The third kappa shape index (κ3) is 5.91. The Morgan fingerprint density at radius 1 is 0.636 bits per heavy atom. The molecule has 1 unspecified atom stereocenters. The molecule has 5 aromatic rings. The van der Waals surface area contributed by atoms with E-state index in [9.17, 15) is 0 Å². The van der Waals surface area contributed by atoms with Crippen molar-refractivity contribution in [2.24, 2.45) is 0 Å². The summed E-state index contributed by atoms with van der Waals surface area (Å²) >= 11 is 0. The molecule has 5 rings (SSSR count).